The average Bonchev–Trinajstić information content (AvgIpc) is 3.20. The van der Waals surface area contributed by atoms with Gasteiger partial charge in [0.15, 0.2) is 11.4 Å². The fourth-order valence-corrected chi connectivity index (χ4v) is 5.82. The van der Waals surface area contributed by atoms with Crippen LogP contribution >= 0.6 is 0 Å². The molecular weight excluding hydrogens is 428 g/mol. The standard InChI is InChI=1S/C27H28N4O3/c1-28-14-12-20(16-28)29-17-31(30-15-13-23(32)26(33)25(30)27(29)34)24-21-8-4-2-6-18(21)10-11-19-7-3-5-9-22(19)24/h2-9,13,15,20,24,33H,10-12,14,16-17H2,1H3. The number of amides is 1. The quantitative estimate of drug-likeness (QED) is 0.642. The highest BCUT2D eigenvalue weighted by Gasteiger charge is 2.41. The summed E-state index contributed by atoms with van der Waals surface area (Å²) in [7, 11) is 2.06. The highest BCUT2D eigenvalue weighted by Crippen LogP contribution is 2.38. The molecule has 2 aliphatic heterocycles. The van der Waals surface area contributed by atoms with E-state index < -0.39 is 11.2 Å². The third-order valence-corrected chi connectivity index (χ3v) is 7.56. The van der Waals surface area contributed by atoms with Gasteiger partial charge in [-0.25, -0.2) is 0 Å². The lowest BCUT2D eigenvalue weighted by atomic mass is 9.94. The molecule has 34 heavy (non-hydrogen) atoms. The first-order chi connectivity index (χ1) is 16.5. The summed E-state index contributed by atoms with van der Waals surface area (Å²) >= 11 is 0. The van der Waals surface area contributed by atoms with Crippen molar-refractivity contribution in [2.24, 2.45) is 0 Å². The van der Waals surface area contributed by atoms with Crippen molar-refractivity contribution in [3.05, 3.63) is 99.0 Å². The molecule has 0 saturated carbocycles. The number of hydrogen-bond acceptors (Lipinski definition) is 5. The largest absolute Gasteiger partial charge is 0.502 e. The number of hydrogen-bond donors (Lipinski definition) is 1. The smallest absolute Gasteiger partial charge is 0.278 e. The molecule has 1 aliphatic carbocycles. The van der Waals surface area contributed by atoms with Crippen LogP contribution in [0.15, 0.2) is 65.6 Å². The van der Waals surface area contributed by atoms with E-state index in [1.165, 1.54) is 28.3 Å². The number of pyridine rings is 1. The Bertz CT molecular complexity index is 1290. The topological polar surface area (TPSA) is 69.0 Å². The third-order valence-electron chi connectivity index (χ3n) is 7.56. The molecule has 7 heteroatoms. The Morgan fingerprint density at radius 1 is 0.912 bits per heavy atom. The molecule has 7 nitrogen and oxygen atoms in total. The van der Waals surface area contributed by atoms with Gasteiger partial charge < -0.3 is 14.9 Å². The van der Waals surface area contributed by atoms with E-state index in [0.29, 0.717) is 6.67 Å². The van der Waals surface area contributed by atoms with Crippen molar-refractivity contribution in [2.75, 3.05) is 31.8 Å². The average molecular weight is 457 g/mol. The van der Waals surface area contributed by atoms with E-state index in [9.17, 15) is 14.7 Å². The third kappa shape index (κ3) is 3.22. The Morgan fingerprint density at radius 2 is 1.56 bits per heavy atom. The SMILES string of the molecule is CN1CCC(N2CN(C3c4ccccc4CCc4ccccc43)n3ccc(=O)c(O)c3C2=O)C1. The Hall–Kier alpha value is -3.58. The number of aryl methyl sites for hydroxylation is 2. The van der Waals surface area contributed by atoms with Crippen LogP contribution in [0.25, 0.3) is 0 Å². The van der Waals surface area contributed by atoms with Crippen LogP contribution in [0.1, 0.15) is 45.2 Å². The van der Waals surface area contributed by atoms with Gasteiger partial charge in [0.05, 0.1) is 6.04 Å². The van der Waals surface area contributed by atoms with Crippen LogP contribution in [0, 0.1) is 0 Å². The minimum atomic E-state index is -0.536. The molecule has 0 spiro atoms. The van der Waals surface area contributed by atoms with Gasteiger partial charge in [-0.1, -0.05) is 48.5 Å². The zero-order valence-electron chi connectivity index (χ0n) is 19.2. The molecule has 1 fully saturated rings. The summed E-state index contributed by atoms with van der Waals surface area (Å²) in [5, 5.41) is 12.9. The van der Waals surface area contributed by atoms with Crippen LogP contribution in [0.2, 0.25) is 0 Å². The molecule has 1 N–H and O–H groups in total. The van der Waals surface area contributed by atoms with Gasteiger partial charge >= 0.3 is 0 Å². The molecule has 0 bridgehead atoms. The van der Waals surface area contributed by atoms with Gasteiger partial charge in [0, 0.05) is 24.8 Å². The molecule has 3 heterocycles. The van der Waals surface area contributed by atoms with Crippen molar-refractivity contribution < 1.29 is 9.90 Å². The van der Waals surface area contributed by atoms with Gasteiger partial charge in [0.2, 0.25) is 5.43 Å². The first-order valence-corrected chi connectivity index (χ1v) is 11.9. The van der Waals surface area contributed by atoms with Gasteiger partial charge in [0.25, 0.3) is 5.91 Å². The lowest BCUT2D eigenvalue weighted by Gasteiger charge is -2.46. The molecule has 0 radical (unpaired) electrons. The molecule has 174 valence electrons. The summed E-state index contributed by atoms with van der Waals surface area (Å²) < 4.78 is 1.71. The summed E-state index contributed by atoms with van der Waals surface area (Å²) in [5.74, 6) is -0.773. The molecule has 1 unspecified atom stereocenters. The molecule has 1 saturated heterocycles. The van der Waals surface area contributed by atoms with E-state index >= 15 is 0 Å². The molecule has 1 amide bonds. The van der Waals surface area contributed by atoms with E-state index in [1.54, 1.807) is 10.9 Å². The zero-order chi connectivity index (χ0) is 23.4. The van der Waals surface area contributed by atoms with Crippen molar-refractivity contribution in [1.82, 2.24) is 14.5 Å². The molecule has 3 aromatic rings. The Kier molecular flexibility index (Phi) is 4.95. The predicted octanol–water partition coefficient (Wildman–Crippen LogP) is 2.50. The number of aromatic hydroxyl groups is 1. The van der Waals surface area contributed by atoms with Gasteiger partial charge in [0.1, 0.15) is 6.67 Å². The Balaban J connectivity index is 1.57. The van der Waals surface area contributed by atoms with Gasteiger partial charge in [-0.2, -0.15) is 0 Å². The van der Waals surface area contributed by atoms with Crippen LogP contribution in [0.3, 0.4) is 0 Å². The number of likely N-dealkylation sites (N-methyl/N-ethyl adjacent to an activating group) is 1. The lowest BCUT2D eigenvalue weighted by molar-refractivity contribution is 0.0597. The maximum Gasteiger partial charge on any atom is 0.278 e. The molecule has 1 atom stereocenters. The van der Waals surface area contributed by atoms with Crippen molar-refractivity contribution in [3.8, 4) is 5.75 Å². The number of fused-ring (bicyclic) bond motifs is 3. The normalized spacial score (nSPS) is 20.6. The van der Waals surface area contributed by atoms with Crippen LogP contribution in [0.4, 0.5) is 0 Å². The first-order valence-electron chi connectivity index (χ1n) is 11.9. The number of carbonyl (C=O) groups excluding carboxylic acids is 1. The van der Waals surface area contributed by atoms with E-state index in [2.05, 4.69) is 65.5 Å². The van der Waals surface area contributed by atoms with Gasteiger partial charge in [-0.15, -0.1) is 0 Å². The van der Waals surface area contributed by atoms with E-state index in [4.69, 9.17) is 0 Å². The number of rotatable bonds is 2. The van der Waals surface area contributed by atoms with Crippen LogP contribution in [-0.2, 0) is 12.8 Å². The molecule has 6 rings (SSSR count). The monoisotopic (exact) mass is 456 g/mol. The van der Waals surface area contributed by atoms with Crippen molar-refractivity contribution >= 4 is 5.91 Å². The minimum absolute atomic E-state index is 0.0275. The second-order valence-electron chi connectivity index (χ2n) is 9.58. The molecule has 2 aromatic carbocycles. The summed E-state index contributed by atoms with van der Waals surface area (Å²) in [4.78, 5) is 30.1. The van der Waals surface area contributed by atoms with Crippen LogP contribution in [-0.4, -0.2) is 58.3 Å². The molecule has 1 aromatic heterocycles. The van der Waals surface area contributed by atoms with E-state index in [-0.39, 0.29) is 23.7 Å². The van der Waals surface area contributed by atoms with E-state index in [0.717, 1.165) is 32.4 Å². The van der Waals surface area contributed by atoms with Crippen molar-refractivity contribution in [2.45, 2.75) is 31.3 Å². The maximum absolute atomic E-state index is 13.6. The summed E-state index contributed by atoms with van der Waals surface area (Å²) in [6, 6.07) is 18.1. The molecular formula is C27H28N4O3. The summed E-state index contributed by atoms with van der Waals surface area (Å²) in [5.41, 5.74) is 4.45. The number of carbonyl (C=O) groups is 1. The number of nitrogens with zero attached hydrogens (tertiary/aromatic N) is 4. The van der Waals surface area contributed by atoms with Crippen LogP contribution in [0.5, 0.6) is 5.75 Å². The van der Waals surface area contributed by atoms with E-state index in [1.807, 2.05) is 4.90 Å². The van der Waals surface area contributed by atoms with Gasteiger partial charge in [-0.05, 0) is 55.1 Å². The highest BCUT2D eigenvalue weighted by atomic mass is 16.3. The van der Waals surface area contributed by atoms with Crippen LogP contribution < -0.4 is 10.4 Å². The number of likely N-dealkylation sites (tertiary alicyclic amines) is 1. The second-order valence-corrected chi connectivity index (χ2v) is 9.58. The zero-order valence-corrected chi connectivity index (χ0v) is 19.2. The Morgan fingerprint density at radius 3 is 2.18 bits per heavy atom. The first kappa shape index (κ1) is 21.0. The summed E-state index contributed by atoms with van der Waals surface area (Å²) in [6.45, 7) is 2.06. The summed E-state index contributed by atoms with van der Waals surface area (Å²) in [6.07, 6.45) is 4.38. The van der Waals surface area contributed by atoms with Crippen molar-refractivity contribution in [1.29, 1.82) is 0 Å². The maximum atomic E-state index is 13.6. The van der Waals surface area contributed by atoms with Crippen molar-refractivity contribution in [3.63, 3.8) is 0 Å². The predicted molar refractivity (Wildman–Crippen MR) is 130 cm³/mol. The second kappa shape index (κ2) is 8.02. The Labute approximate surface area is 198 Å². The minimum Gasteiger partial charge on any atom is -0.502 e. The van der Waals surface area contributed by atoms with Gasteiger partial charge in [-0.3, -0.25) is 19.3 Å². The number of benzene rings is 2. The highest BCUT2D eigenvalue weighted by molar-refractivity contribution is 5.96. The number of aromatic nitrogens is 1. The fraction of sp³-hybridized carbons (Fsp3) is 0.333. The fourth-order valence-electron chi connectivity index (χ4n) is 5.82. The lowest BCUT2D eigenvalue weighted by Crippen LogP contribution is -2.58. The molecule has 3 aliphatic rings.